The predicted octanol–water partition coefficient (Wildman–Crippen LogP) is 4.27. The number of amides is 1. The van der Waals surface area contributed by atoms with E-state index in [1.807, 2.05) is 66.4 Å². The lowest BCUT2D eigenvalue weighted by Gasteiger charge is -2.35. The quantitative estimate of drug-likeness (QED) is 0.561. The number of ether oxygens (including phenoxy) is 1. The minimum Gasteiger partial charge on any atom is -0.494 e. The summed E-state index contributed by atoms with van der Waals surface area (Å²) in [7, 11) is 0. The summed E-state index contributed by atoms with van der Waals surface area (Å²) < 4.78 is 6.48. The first-order chi connectivity index (χ1) is 14.6. The zero-order valence-corrected chi connectivity index (χ0v) is 18.4. The van der Waals surface area contributed by atoms with Crippen molar-refractivity contribution < 1.29 is 9.53 Å². The minimum absolute atomic E-state index is 0.0694. The normalized spacial score (nSPS) is 13.9. The highest BCUT2D eigenvalue weighted by Crippen LogP contribution is 2.24. The Morgan fingerprint density at radius 1 is 1.00 bits per heavy atom. The molecule has 0 radical (unpaired) electrons. The van der Waals surface area contributed by atoms with Gasteiger partial charge in [0.2, 0.25) is 0 Å². The molecule has 2 heterocycles. The number of benzene rings is 2. The lowest BCUT2D eigenvalue weighted by atomic mass is 10.1. The molecule has 1 fully saturated rings. The molecule has 6 nitrogen and oxygen atoms in total. The van der Waals surface area contributed by atoms with Gasteiger partial charge in [-0.2, -0.15) is 0 Å². The van der Waals surface area contributed by atoms with Crippen LogP contribution in [-0.2, 0) is 0 Å². The number of hydrogen-bond donors (Lipinski definition) is 0. The minimum atomic E-state index is 0.0694. The van der Waals surface area contributed by atoms with Crippen LogP contribution in [0.25, 0.3) is 11.3 Å². The van der Waals surface area contributed by atoms with E-state index in [-0.39, 0.29) is 5.91 Å². The van der Waals surface area contributed by atoms with Gasteiger partial charge in [0.15, 0.2) is 0 Å². The van der Waals surface area contributed by atoms with Crippen LogP contribution in [0.4, 0.5) is 5.82 Å². The number of carbonyl (C=O) groups excluding carboxylic acids is 1. The SMILES string of the molecule is CCOc1ccc(-c2cc(N3CCN(C(=O)c4ccc(Br)cc4)CC3)ncn2)cc1. The molecule has 2 aromatic carbocycles. The number of hydrogen-bond acceptors (Lipinski definition) is 5. The fourth-order valence-corrected chi connectivity index (χ4v) is 3.74. The third-order valence-electron chi connectivity index (χ3n) is 5.10. The van der Waals surface area contributed by atoms with Crippen molar-refractivity contribution in [2.24, 2.45) is 0 Å². The van der Waals surface area contributed by atoms with Crippen molar-refractivity contribution >= 4 is 27.7 Å². The third kappa shape index (κ3) is 4.62. The van der Waals surface area contributed by atoms with Crippen LogP contribution in [0, 0.1) is 0 Å². The van der Waals surface area contributed by atoms with Crippen molar-refractivity contribution in [1.29, 1.82) is 0 Å². The number of carbonyl (C=O) groups is 1. The summed E-state index contributed by atoms with van der Waals surface area (Å²) in [5.74, 6) is 1.80. The van der Waals surface area contributed by atoms with Crippen molar-refractivity contribution in [3.63, 3.8) is 0 Å². The van der Waals surface area contributed by atoms with Crippen LogP contribution in [-0.4, -0.2) is 53.6 Å². The molecule has 3 aromatic rings. The first-order valence-electron chi connectivity index (χ1n) is 9.99. The molecule has 1 saturated heterocycles. The zero-order valence-electron chi connectivity index (χ0n) is 16.8. The van der Waals surface area contributed by atoms with Crippen molar-refractivity contribution in [2.45, 2.75) is 6.92 Å². The Hall–Kier alpha value is -2.93. The summed E-state index contributed by atoms with van der Waals surface area (Å²) in [6.45, 7) is 5.42. The highest BCUT2D eigenvalue weighted by molar-refractivity contribution is 9.10. The van der Waals surface area contributed by atoms with Crippen molar-refractivity contribution in [2.75, 3.05) is 37.7 Å². The molecule has 1 amide bonds. The molecule has 0 saturated carbocycles. The highest BCUT2D eigenvalue weighted by Gasteiger charge is 2.23. The Labute approximate surface area is 184 Å². The number of nitrogens with zero attached hydrogens (tertiary/aromatic N) is 4. The summed E-state index contributed by atoms with van der Waals surface area (Å²) in [5.41, 5.74) is 2.61. The maximum absolute atomic E-state index is 12.7. The number of aromatic nitrogens is 2. The average molecular weight is 467 g/mol. The molecule has 0 bridgehead atoms. The first kappa shape index (κ1) is 20.3. The molecule has 30 heavy (non-hydrogen) atoms. The van der Waals surface area contributed by atoms with E-state index in [4.69, 9.17) is 4.74 Å². The molecule has 1 aromatic heterocycles. The number of anilines is 1. The van der Waals surface area contributed by atoms with Gasteiger partial charge in [-0.1, -0.05) is 15.9 Å². The van der Waals surface area contributed by atoms with Crippen molar-refractivity contribution in [1.82, 2.24) is 14.9 Å². The summed E-state index contributed by atoms with van der Waals surface area (Å²) in [6, 6.07) is 17.4. The maximum Gasteiger partial charge on any atom is 0.253 e. The fourth-order valence-electron chi connectivity index (χ4n) is 3.48. The van der Waals surface area contributed by atoms with Gasteiger partial charge in [0.1, 0.15) is 17.9 Å². The summed E-state index contributed by atoms with van der Waals surface area (Å²) >= 11 is 3.41. The summed E-state index contributed by atoms with van der Waals surface area (Å²) in [4.78, 5) is 25.7. The van der Waals surface area contributed by atoms with Crippen LogP contribution < -0.4 is 9.64 Å². The van der Waals surface area contributed by atoms with E-state index in [0.29, 0.717) is 25.3 Å². The number of rotatable bonds is 5. The van der Waals surface area contributed by atoms with Gasteiger partial charge in [0, 0.05) is 47.8 Å². The Morgan fingerprint density at radius 2 is 1.70 bits per heavy atom. The fraction of sp³-hybridized carbons (Fsp3) is 0.261. The van der Waals surface area contributed by atoms with Crippen LogP contribution in [0.3, 0.4) is 0 Å². The Bertz CT molecular complexity index is 1000. The maximum atomic E-state index is 12.7. The molecule has 0 atom stereocenters. The van der Waals surface area contributed by atoms with Gasteiger partial charge in [-0.3, -0.25) is 4.79 Å². The number of halogens is 1. The monoisotopic (exact) mass is 466 g/mol. The molecule has 1 aliphatic heterocycles. The molecule has 0 unspecified atom stereocenters. The molecule has 7 heteroatoms. The predicted molar refractivity (Wildman–Crippen MR) is 121 cm³/mol. The van der Waals surface area contributed by atoms with Crippen LogP contribution in [0.5, 0.6) is 5.75 Å². The van der Waals surface area contributed by atoms with E-state index in [2.05, 4.69) is 30.8 Å². The largest absolute Gasteiger partial charge is 0.494 e. The molecule has 0 spiro atoms. The van der Waals surface area contributed by atoms with E-state index in [1.165, 1.54) is 0 Å². The Kier molecular flexibility index (Phi) is 6.28. The molecule has 1 aliphatic rings. The Balaban J connectivity index is 1.42. The van der Waals surface area contributed by atoms with E-state index in [0.717, 1.165) is 40.4 Å². The molecule has 0 N–H and O–H groups in total. The standard InChI is InChI=1S/C23H23BrN4O2/c1-2-30-20-9-5-17(6-10-20)21-15-22(26-16-25-21)27-11-13-28(14-12-27)23(29)18-3-7-19(24)8-4-18/h3-10,15-16H,2,11-14H2,1H3. The molecule has 154 valence electrons. The lowest BCUT2D eigenvalue weighted by Crippen LogP contribution is -2.49. The van der Waals surface area contributed by atoms with Gasteiger partial charge in [-0.15, -0.1) is 0 Å². The summed E-state index contributed by atoms with van der Waals surface area (Å²) in [6.07, 6.45) is 1.60. The molecular formula is C23H23BrN4O2. The van der Waals surface area contributed by atoms with E-state index < -0.39 is 0 Å². The van der Waals surface area contributed by atoms with Crippen LogP contribution in [0.15, 0.2) is 65.4 Å². The smallest absolute Gasteiger partial charge is 0.253 e. The molecular weight excluding hydrogens is 444 g/mol. The van der Waals surface area contributed by atoms with Crippen molar-refractivity contribution in [3.8, 4) is 17.0 Å². The lowest BCUT2D eigenvalue weighted by molar-refractivity contribution is 0.0746. The van der Waals surface area contributed by atoms with Crippen LogP contribution >= 0.6 is 15.9 Å². The van der Waals surface area contributed by atoms with Gasteiger partial charge in [0.05, 0.1) is 12.3 Å². The van der Waals surface area contributed by atoms with E-state index >= 15 is 0 Å². The van der Waals surface area contributed by atoms with E-state index in [1.54, 1.807) is 6.33 Å². The molecule has 0 aliphatic carbocycles. The van der Waals surface area contributed by atoms with Crippen molar-refractivity contribution in [3.05, 3.63) is 71.0 Å². The summed E-state index contributed by atoms with van der Waals surface area (Å²) in [5, 5.41) is 0. The Morgan fingerprint density at radius 3 is 2.37 bits per heavy atom. The second-order valence-corrected chi connectivity index (χ2v) is 7.92. The average Bonchev–Trinajstić information content (AvgIpc) is 2.80. The number of piperazine rings is 1. The van der Waals surface area contributed by atoms with Gasteiger partial charge >= 0.3 is 0 Å². The second kappa shape index (κ2) is 9.26. The third-order valence-corrected chi connectivity index (χ3v) is 5.62. The topological polar surface area (TPSA) is 58.6 Å². The van der Waals surface area contributed by atoms with Gasteiger partial charge in [0.25, 0.3) is 5.91 Å². The van der Waals surface area contributed by atoms with Gasteiger partial charge < -0.3 is 14.5 Å². The highest BCUT2D eigenvalue weighted by atomic mass is 79.9. The zero-order chi connectivity index (χ0) is 20.9. The van der Waals surface area contributed by atoms with Gasteiger partial charge in [-0.05, 0) is 55.5 Å². The molecule has 4 rings (SSSR count). The second-order valence-electron chi connectivity index (χ2n) is 7.00. The first-order valence-corrected chi connectivity index (χ1v) is 10.8. The van der Waals surface area contributed by atoms with Gasteiger partial charge in [-0.25, -0.2) is 9.97 Å². The van der Waals surface area contributed by atoms with E-state index in [9.17, 15) is 4.79 Å². The van der Waals surface area contributed by atoms with Crippen LogP contribution in [0.2, 0.25) is 0 Å². The van der Waals surface area contributed by atoms with Crippen LogP contribution in [0.1, 0.15) is 17.3 Å².